The molecular formula is C22H27N3O4. The van der Waals surface area contributed by atoms with Crippen LogP contribution in [0.3, 0.4) is 0 Å². The zero-order chi connectivity index (χ0) is 21.4. The van der Waals surface area contributed by atoms with Gasteiger partial charge in [-0.3, -0.25) is 4.79 Å². The number of esters is 1. The quantitative estimate of drug-likeness (QED) is 0.621. The first-order chi connectivity index (χ1) is 13.8. The molecule has 0 saturated carbocycles. The number of hydrogen-bond acceptors (Lipinski definition) is 4. The fourth-order valence-electron chi connectivity index (χ4n) is 2.60. The smallest absolute Gasteiger partial charge is 0.329 e. The summed E-state index contributed by atoms with van der Waals surface area (Å²) in [4.78, 5) is 37.1. The maximum absolute atomic E-state index is 12.5. The number of hydrogen-bond donors (Lipinski definition) is 3. The summed E-state index contributed by atoms with van der Waals surface area (Å²) >= 11 is 0. The number of carbonyl (C=O) groups is 3. The van der Waals surface area contributed by atoms with Gasteiger partial charge in [0.2, 0.25) is 0 Å². The SMILES string of the molecule is Cc1cccc(NC(=O)[C@@H](C)OC(=O)[C@H](NC(=O)Nc2ccccc2)C(C)C)c1. The Morgan fingerprint density at radius 3 is 2.14 bits per heavy atom. The van der Waals surface area contributed by atoms with E-state index in [9.17, 15) is 14.4 Å². The topological polar surface area (TPSA) is 96.5 Å². The monoisotopic (exact) mass is 397 g/mol. The van der Waals surface area contributed by atoms with Gasteiger partial charge in [0.05, 0.1) is 0 Å². The van der Waals surface area contributed by atoms with E-state index in [2.05, 4.69) is 16.0 Å². The maximum Gasteiger partial charge on any atom is 0.329 e. The number of benzene rings is 2. The number of amides is 3. The molecule has 7 nitrogen and oxygen atoms in total. The van der Waals surface area contributed by atoms with Gasteiger partial charge in [-0.25, -0.2) is 9.59 Å². The molecule has 2 atom stereocenters. The third kappa shape index (κ3) is 6.95. The number of para-hydroxylation sites is 1. The number of carbonyl (C=O) groups excluding carboxylic acids is 3. The van der Waals surface area contributed by atoms with E-state index in [1.54, 1.807) is 44.2 Å². The van der Waals surface area contributed by atoms with Gasteiger partial charge in [-0.05, 0) is 49.6 Å². The maximum atomic E-state index is 12.5. The van der Waals surface area contributed by atoms with Gasteiger partial charge in [-0.2, -0.15) is 0 Å². The van der Waals surface area contributed by atoms with Gasteiger partial charge in [0.15, 0.2) is 6.10 Å². The summed E-state index contributed by atoms with van der Waals surface area (Å²) in [6.07, 6.45) is -1.01. The van der Waals surface area contributed by atoms with Crippen molar-refractivity contribution in [3.05, 3.63) is 60.2 Å². The number of urea groups is 1. The standard InChI is InChI=1S/C22H27N3O4/c1-14(2)19(25-22(28)24-17-10-6-5-7-11-17)21(27)29-16(4)20(26)23-18-12-8-9-15(3)13-18/h5-14,16,19H,1-4H3,(H,23,26)(H2,24,25,28)/t16-,19-/m1/s1. The Balaban J connectivity index is 1.93. The normalized spacial score (nSPS) is 12.6. The van der Waals surface area contributed by atoms with Crippen molar-refractivity contribution >= 4 is 29.3 Å². The van der Waals surface area contributed by atoms with E-state index in [1.165, 1.54) is 6.92 Å². The highest BCUT2D eigenvalue weighted by Crippen LogP contribution is 2.12. The lowest BCUT2D eigenvalue weighted by Crippen LogP contribution is -2.48. The number of ether oxygens (including phenoxy) is 1. The molecule has 0 aliphatic rings. The van der Waals surface area contributed by atoms with Crippen LogP contribution >= 0.6 is 0 Å². The summed E-state index contributed by atoms with van der Waals surface area (Å²) in [6, 6.07) is 14.8. The Hall–Kier alpha value is -3.35. The second-order valence-corrected chi connectivity index (χ2v) is 7.12. The number of aryl methyl sites for hydroxylation is 1. The highest BCUT2D eigenvalue weighted by molar-refractivity contribution is 5.96. The first-order valence-electron chi connectivity index (χ1n) is 9.47. The summed E-state index contributed by atoms with van der Waals surface area (Å²) in [7, 11) is 0. The van der Waals surface area contributed by atoms with E-state index in [0.717, 1.165) is 5.56 Å². The van der Waals surface area contributed by atoms with Gasteiger partial charge in [-0.15, -0.1) is 0 Å². The molecule has 2 rings (SSSR count). The van der Waals surface area contributed by atoms with Crippen LogP contribution in [0.1, 0.15) is 26.3 Å². The number of rotatable bonds is 7. The number of nitrogens with one attached hydrogen (secondary N) is 3. The molecule has 0 radical (unpaired) electrons. The molecule has 0 fully saturated rings. The Morgan fingerprint density at radius 1 is 0.862 bits per heavy atom. The van der Waals surface area contributed by atoms with Crippen LogP contribution < -0.4 is 16.0 Å². The molecule has 2 aromatic rings. The molecule has 0 saturated heterocycles. The summed E-state index contributed by atoms with van der Waals surface area (Å²) in [5.74, 6) is -1.34. The Kier molecular flexibility index (Phi) is 7.77. The Bertz CT molecular complexity index is 852. The summed E-state index contributed by atoms with van der Waals surface area (Å²) in [5.41, 5.74) is 2.23. The van der Waals surface area contributed by atoms with E-state index in [-0.39, 0.29) is 5.92 Å². The summed E-state index contributed by atoms with van der Waals surface area (Å²) in [6.45, 7) is 6.97. The van der Waals surface area contributed by atoms with Crippen molar-refractivity contribution in [1.82, 2.24) is 5.32 Å². The molecule has 0 bridgehead atoms. The van der Waals surface area contributed by atoms with Crippen molar-refractivity contribution in [3.8, 4) is 0 Å². The van der Waals surface area contributed by atoms with Crippen molar-refractivity contribution < 1.29 is 19.1 Å². The lowest BCUT2D eigenvalue weighted by molar-refractivity contribution is -0.156. The Morgan fingerprint density at radius 2 is 1.52 bits per heavy atom. The predicted octanol–water partition coefficient (Wildman–Crippen LogP) is 3.71. The molecule has 0 unspecified atom stereocenters. The molecule has 0 heterocycles. The van der Waals surface area contributed by atoms with Gasteiger partial charge in [-0.1, -0.05) is 44.2 Å². The van der Waals surface area contributed by atoms with Crippen molar-refractivity contribution in [3.63, 3.8) is 0 Å². The fraction of sp³-hybridized carbons (Fsp3) is 0.318. The van der Waals surface area contributed by atoms with Crippen LogP contribution in [0.4, 0.5) is 16.2 Å². The first kappa shape index (κ1) is 21.9. The highest BCUT2D eigenvalue weighted by Gasteiger charge is 2.29. The third-order valence-electron chi connectivity index (χ3n) is 4.19. The van der Waals surface area contributed by atoms with Crippen LogP contribution in [0, 0.1) is 12.8 Å². The van der Waals surface area contributed by atoms with Crippen molar-refractivity contribution in [2.24, 2.45) is 5.92 Å². The third-order valence-corrected chi connectivity index (χ3v) is 4.19. The van der Waals surface area contributed by atoms with Gasteiger partial charge in [0.1, 0.15) is 6.04 Å². The van der Waals surface area contributed by atoms with E-state index in [0.29, 0.717) is 11.4 Å². The van der Waals surface area contributed by atoms with Gasteiger partial charge in [0.25, 0.3) is 5.91 Å². The first-order valence-corrected chi connectivity index (χ1v) is 9.47. The van der Waals surface area contributed by atoms with Crippen molar-refractivity contribution in [1.29, 1.82) is 0 Å². The zero-order valence-corrected chi connectivity index (χ0v) is 17.1. The fourth-order valence-corrected chi connectivity index (χ4v) is 2.60. The molecule has 0 aliphatic carbocycles. The molecule has 154 valence electrons. The highest BCUT2D eigenvalue weighted by atomic mass is 16.5. The van der Waals surface area contributed by atoms with Crippen LogP contribution in [-0.2, 0) is 14.3 Å². The zero-order valence-electron chi connectivity index (χ0n) is 17.1. The number of anilines is 2. The molecular weight excluding hydrogens is 370 g/mol. The Labute approximate surface area is 170 Å². The molecule has 29 heavy (non-hydrogen) atoms. The lowest BCUT2D eigenvalue weighted by Gasteiger charge is -2.23. The van der Waals surface area contributed by atoms with Crippen LogP contribution in [0.25, 0.3) is 0 Å². The minimum Gasteiger partial charge on any atom is -0.451 e. The van der Waals surface area contributed by atoms with E-state index < -0.39 is 30.1 Å². The van der Waals surface area contributed by atoms with Crippen LogP contribution in [0.15, 0.2) is 54.6 Å². The van der Waals surface area contributed by atoms with Crippen LogP contribution in [0.5, 0.6) is 0 Å². The summed E-state index contributed by atoms with van der Waals surface area (Å²) < 4.78 is 5.30. The second-order valence-electron chi connectivity index (χ2n) is 7.12. The average Bonchev–Trinajstić information content (AvgIpc) is 2.66. The van der Waals surface area contributed by atoms with E-state index in [4.69, 9.17) is 4.74 Å². The van der Waals surface area contributed by atoms with Gasteiger partial charge >= 0.3 is 12.0 Å². The minimum atomic E-state index is -1.01. The van der Waals surface area contributed by atoms with E-state index >= 15 is 0 Å². The molecule has 7 heteroatoms. The van der Waals surface area contributed by atoms with Crippen molar-refractivity contribution in [2.75, 3.05) is 10.6 Å². The minimum absolute atomic E-state index is 0.226. The van der Waals surface area contributed by atoms with E-state index in [1.807, 2.05) is 31.2 Å². The average molecular weight is 397 g/mol. The largest absolute Gasteiger partial charge is 0.451 e. The van der Waals surface area contributed by atoms with Crippen LogP contribution in [0.2, 0.25) is 0 Å². The lowest BCUT2D eigenvalue weighted by atomic mass is 10.0. The van der Waals surface area contributed by atoms with Crippen LogP contribution in [-0.4, -0.2) is 30.1 Å². The van der Waals surface area contributed by atoms with Gasteiger partial charge in [0, 0.05) is 11.4 Å². The molecule has 0 aromatic heterocycles. The molecule has 3 N–H and O–H groups in total. The molecule has 3 amide bonds. The molecule has 2 aromatic carbocycles. The van der Waals surface area contributed by atoms with Crippen molar-refractivity contribution in [2.45, 2.75) is 39.8 Å². The summed E-state index contributed by atoms with van der Waals surface area (Å²) in [5, 5.41) is 7.98. The van der Waals surface area contributed by atoms with Gasteiger partial charge < -0.3 is 20.7 Å². The predicted molar refractivity (Wildman–Crippen MR) is 113 cm³/mol. The molecule has 0 spiro atoms. The molecule has 0 aliphatic heterocycles. The second kappa shape index (κ2) is 10.3.